The van der Waals surface area contributed by atoms with Crippen LogP contribution in [0.2, 0.25) is 0 Å². The maximum Gasteiger partial charge on any atom is 0.240 e. The van der Waals surface area contributed by atoms with Crippen LogP contribution in [0.1, 0.15) is 33.6 Å². The average Bonchev–Trinajstić information content (AvgIpc) is 2.48. The molecule has 1 aliphatic rings. The zero-order valence-corrected chi connectivity index (χ0v) is 15.1. The van der Waals surface area contributed by atoms with E-state index in [1.54, 1.807) is 4.90 Å². The van der Waals surface area contributed by atoms with Crippen LogP contribution >= 0.6 is 12.4 Å². The Kier molecular flexibility index (Phi) is 6.98. The summed E-state index contributed by atoms with van der Waals surface area (Å²) in [6.07, 6.45) is 1.42. The molecule has 0 saturated carbocycles. The lowest BCUT2D eigenvalue weighted by Gasteiger charge is -2.37. The summed E-state index contributed by atoms with van der Waals surface area (Å²) in [5.41, 5.74) is 6.05. The van der Waals surface area contributed by atoms with Gasteiger partial charge in [0.1, 0.15) is 11.6 Å². The van der Waals surface area contributed by atoms with Gasteiger partial charge in [0.2, 0.25) is 5.91 Å². The highest BCUT2D eigenvalue weighted by Gasteiger charge is 2.33. The molecule has 7 heteroatoms. The first-order valence-corrected chi connectivity index (χ1v) is 7.94. The second kappa shape index (κ2) is 8.12. The van der Waals surface area contributed by atoms with E-state index in [0.717, 1.165) is 6.07 Å². The van der Waals surface area contributed by atoms with Gasteiger partial charge < -0.3 is 16.0 Å². The van der Waals surface area contributed by atoms with E-state index in [4.69, 9.17) is 5.73 Å². The van der Waals surface area contributed by atoms with Gasteiger partial charge in [-0.15, -0.1) is 12.4 Å². The number of likely N-dealkylation sites (tertiary alicyclic amines) is 1. The van der Waals surface area contributed by atoms with Gasteiger partial charge in [-0.05, 0) is 30.4 Å². The van der Waals surface area contributed by atoms with E-state index in [9.17, 15) is 13.6 Å². The minimum atomic E-state index is -0.599. The van der Waals surface area contributed by atoms with E-state index in [-0.39, 0.29) is 29.8 Å². The summed E-state index contributed by atoms with van der Waals surface area (Å²) in [6, 6.07) is 3.03. The Hall–Kier alpha value is -1.40. The number of nitrogens with two attached hydrogens (primary N) is 1. The van der Waals surface area contributed by atoms with Crippen molar-refractivity contribution in [1.29, 1.82) is 0 Å². The SMILES string of the molecule is CC(C)(C)[C@H](N)C(=O)N1CCC(Nc2ccc(F)cc2F)CC1.Cl. The van der Waals surface area contributed by atoms with Crippen molar-refractivity contribution in [3.63, 3.8) is 0 Å². The molecule has 136 valence electrons. The molecular weight excluding hydrogens is 336 g/mol. The fourth-order valence-corrected chi connectivity index (χ4v) is 2.64. The molecule has 0 aromatic heterocycles. The number of hydrogen-bond donors (Lipinski definition) is 2. The number of benzene rings is 1. The van der Waals surface area contributed by atoms with Gasteiger partial charge in [0, 0.05) is 25.2 Å². The predicted octanol–water partition coefficient (Wildman–Crippen LogP) is 3.16. The molecule has 4 nitrogen and oxygen atoms in total. The standard InChI is InChI=1S/C17H25F2N3O.ClH/c1-17(2,3)15(20)16(23)22-8-6-12(7-9-22)21-14-5-4-11(18)10-13(14)19;/h4-5,10,12,15,21H,6-9,20H2,1-3H3;1H/t15-;/m1./s1. The van der Waals surface area contributed by atoms with Crippen molar-refractivity contribution < 1.29 is 13.6 Å². The van der Waals surface area contributed by atoms with Gasteiger partial charge in [-0.2, -0.15) is 0 Å². The minimum Gasteiger partial charge on any atom is -0.380 e. The number of piperidine rings is 1. The number of hydrogen-bond acceptors (Lipinski definition) is 3. The lowest BCUT2D eigenvalue weighted by molar-refractivity contribution is -0.135. The summed E-state index contributed by atoms with van der Waals surface area (Å²) in [6.45, 7) is 7.01. The highest BCUT2D eigenvalue weighted by atomic mass is 35.5. The Balaban J connectivity index is 0.00000288. The number of carbonyl (C=O) groups excluding carboxylic acids is 1. The second-order valence-corrected chi connectivity index (χ2v) is 7.21. The molecule has 1 aliphatic heterocycles. The summed E-state index contributed by atoms with van der Waals surface area (Å²) in [7, 11) is 0. The van der Waals surface area contributed by atoms with Gasteiger partial charge >= 0.3 is 0 Å². The maximum absolute atomic E-state index is 13.7. The van der Waals surface area contributed by atoms with Crippen LogP contribution in [0.15, 0.2) is 18.2 Å². The van der Waals surface area contributed by atoms with Gasteiger partial charge in [-0.3, -0.25) is 4.79 Å². The minimum absolute atomic E-state index is 0. The smallest absolute Gasteiger partial charge is 0.240 e. The van der Waals surface area contributed by atoms with Crippen molar-refractivity contribution in [3.8, 4) is 0 Å². The molecule has 2 rings (SSSR count). The van der Waals surface area contributed by atoms with E-state index in [1.165, 1.54) is 12.1 Å². The topological polar surface area (TPSA) is 58.4 Å². The third kappa shape index (κ3) is 5.05. The number of carbonyl (C=O) groups is 1. The molecule has 1 saturated heterocycles. The van der Waals surface area contributed by atoms with Gasteiger partial charge in [0.05, 0.1) is 11.7 Å². The summed E-state index contributed by atoms with van der Waals surface area (Å²) >= 11 is 0. The molecule has 24 heavy (non-hydrogen) atoms. The van der Waals surface area contributed by atoms with E-state index in [0.29, 0.717) is 31.6 Å². The lowest BCUT2D eigenvalue weighted by Crippen LogP contribution is -2.53. The van der Waals surface area contributed by atoms with Gasteiger partial charge in [0.15, 0.2) is 0 Å². The van der Waals surface area contributed by atoms with E-state index < -0.39 is 17.7 Å². The Bertz CT molecular complexity index is 569. The molecule has 1 aromatic rings. The summed E-state index contributed by atoms with van der Waals surface area (Å²) in [4.78, 5) is 14.2. The largest absolute Gasteiger partial charge is 0.380 e. The number of nitrogens with one attached hydrogen (secondary N) is 1. The molecule has 1 fully saturated rings. The first kappa shape index (κ1) is 20.6. The molecule has 1 atom stereocenters. The van der Waals surface area contributed by atoms with Gasteiger partial charge in [-0.25, -0.2) is 8.78 Å². The molecule has 0 bridgehead atoms. The van der Waals surface area contributed by atoms with Crippen LogP contribution < -0.4 is 11.1 Å². The second-order valence-electron chi connectivity index (χ2n) is 7.21. The first-order chi connectivity index (χ1) is 10.7. The average molecular weight is 362 g/mol. The monoisotopic (exact) mass is 361 g/mol. The molecule has 1 aromatic carbocycles. The summed E-state index contributed by atoms with van der Waals surface area (Å²) in [5, 5.41) is 3.08. The van der Waals surface area contributed by atoms with Crippen LogP contribution in [0.3, 0.4) is 0 Å². The highest BCUT2D eigenvalue weighted by Crippen LogP contribution is 2.23. The van der Waals surface area contributed by atoms with E-state index >= 15 is 0 Å². The lowest BCUT2D eigenvalue weighted by atomic mass is 9.86. The van der Waals surface area contributed by atoms with Crippen molar-refractivity contribution >= 4 is 24.0 Å². The Morgan fingerprint density at radius 2 is 1.88 bits per heavy atom. The van der Waals surface area contributed by atoms with E-state index in [2.05, 4.69) is 5.32 Å². The highest BCUT2D eigenvalue weighted by molar-refractivity contribution is 5.85. The predicted molar refractivity (Wildman–Crippen MR) is 94.3 cm³/mol. The van der Waals surface area contributed by atoms with Crippen molar-refractivity contribution in [3.05, 3.63) is 29.8 Å². The first-order valence-electron chi connectivity index (χ1n) is 7.94. The quantitative estimate of drug-likeness (QED) is 0.869. The van der Waals surface area contributed by atoms with Crippen LogP contribution in [0.4, 0.5) is 14.5 Å². The molecule has 0 unspecified atom stereocenters. The van der Waals surface area contributed by atoms with Crippen molar-refractivity contribution in [2.24, 2.45) is 11.1 Å². The molecule has 0 spiro atoms. The number of anilines is 1. The normalized spacial score (nSPS) is 17.2. The maximum atomic E-state index is 13.7. The molecule has 3 N–H and O–H groups in total. The molecular formula is C17H26ClF2N3O. The van der Waals surface area contributed by atoms with Crippen molar-refractivity contribution in [2.75, 3.05) is 18.4 Å². The Labute approximate surface area is 148 Å². The zero-order valence-electron chi connectivity index (χ0n) is 14.3. The third-order valence-electron chi connectivity index (χ3n) is 4.30. The zero-order chi connectivity index (χ0) is 17.2. The van der Waals surface area contributed by atoms with E-state index in [1.807, 2.05) is 20.8 Å². The third-order valence-corrected chi connectivity index (χ3v) is 4.30. The van der Waals surface area contributed by atoms with Crippen LogP contribution in [0.5, 0.6) is 0 Å². The molecule has 1 amide bonds. The van der Waals surface area contributed by atoms with Crippen LogP contribution in [0, 0.1) is 17.0 Å². The van der Waals surface area contributed by atoms with Crippen molar-refractivity contribution in [2.45, 2.75) is 45.7 Å². The van der Waals surface area contributed by atoms with Crippen molar-refractivity contribution in [1.82, 2.24) is 4.90 Å². The number of halogens is 3. The number of amides is 1. The molecule has 0 aliphatic carbocycles. The number of nitrogens with zero attached hydrogens (tertiary/aromatic N) is 1. The van der Waals surface area contributed by atoms with Crippen LogP contribution in [-0.2, 0) is 4.79 Å². The number of rotatable bonds is 3. The fraction of sp³-hybridized carbons (Fsp3) is 0.588. The summed E-state index contributed by atoms with van der Waals surface area (Å²) in [5.74, 6) is -1.23. The van der Waals surface area contributed by atoms with Gasteiger partial charge in [0.25, 0.3) is 0 Å². The molecule has 1 heterocycles. The van der Waals surface area contributed by atoms with Crippen LogP contribution in [0.25, 0.3) is 0 Å². The molecule has 0 radical (unpaired) electrons. The van der Waals surface area contributed by atoms with Crippen LogP contribution in [-0.4, -0.2) is 36.0 Å². The Morgan fingerprint density at radius 3 is 2.38 bits per heavy atom. The van der Waals surface area contributed by atoms with Gasteiger partial charge in [-0.1, -0.05) is 20.8 Å². The summed E-state index contributed by atoms with van der Waals surface area (Å²) < 4.78 is 26.6. The fourth-order valence-electron chi connectivity index (χ4n) is 2.64. The Morgan fingerprint density at radius 1 is 1.29 bits per heavy atom.